The van der Waals surface area contributed by atoms with Crippen LogP contribution in [0.3, 0.4) is 0 Å². The number of likely N-dealkylation sites (N-methyl/N-ethyl adjacent to an activating group) is 1. The number of hydrogen-bond donors (Lipinski definition) is 2. The molecule has 4 rings (SSSR count). The maximum Gasteiger partial charge on any atom is 0.256 e. The van der Waals surface area contributed by atoms with E-state index in [-0.39, 0.29) is 24.3 Å². The van der Waals surface area contributed by atoms with E-state index in [0.29, 0.717) is 16.2 Å². The number of likely N-dealkylation sites (tertiary alicyclic amines) is 2. The number of nitrogens with one attached hydrogen (secondary N) is 2. The van der Waals surface area contributed by atoms with E-state index >= 15 is 0 Å². The lowest BCUT2D eigenvalue weighted by molar-refractivity contribution is -0.0806. The third-order valence-corrected chi connectivity index (χ3v) is 7.14. The van der Waals surface area contributed by atoms with E-state index in [4.69, 9.17) is 5.11 Å². The summed E-state index contributed by atoms with van der Waals surface area (Å²) in [6.45, 7) is 6.00. The SMILES string of the molecule is CCN1CCCC(NCC2([OH2+])CN(C(=O)c3ccc(F)c(F)c3Nc3ccc(I)cc3F)C2)C1. The van der Waals surface area contributed by atoms with Crippen LogP contribution in [0, 0.1) is 21.0 Å². The number of nitrogens with zero attached hydrogens (tertiary/aromatic N) is 2. The molecule has 6 nitrogen and oxygen atoms in total. The minimum atomic E-state index is -1.25. The Bertz CT molecular complexity index is 1060. The van der Waals surface area contributed by atoms with Gasteiger partial charge >= 0.3 is 0 Å². The summed E-state index contributed by atoms with van der Waals surface area (Å²) < 4.78 is 43.6. The van der Waals surface area contributed by atoms with Crippen molar-refractivity contribution in [3.63, 3.8) is 0 Å². The first-order valence-corrected chi connectivity index (χ1v) is 12.5. The average Bonchev–Trinajstić information content (AvgIpc) is 2.80. The minimum absolute atomic E-state index is 0.0600. The van der Waals surface area contributed by atoms with Crippen LogP contribution in [0.5, 0.6) is 0 Å². The normalized spacial score (nSPS) is 20.2. The summed E-state index contributed by atoms with van der Waals surface area (Å²) in [5.41, 5.74) is -1.40. The fourth-order valence-electron chi connectivity index (χ4n) is 4.54. The summed E-state index contributed by atoms with van der Waals surface area (Å²) in [5.74, 6) is -3.55. The van der Waals surface area contributed by atoms with Crippen molar-refractivity contribution in [2.45, 2.75) is 31.4 Å². The molecule has 2 aromatic rings. The van der Waals surface area contributed by atoms with Gasteiger partial charge in [-0.05, 0) is 78.9 Å². The molecule has 0 aromatic heterocycles. The number of amides is 1. The Morgan fingerprint density at radius 3 is 2.68 bits per heavy atom. The van der Waals surface area contributed by atoms with Gasteiger partial charge in [-0.25, -0.2) is 13.2 Å². The number of piperidine rings is 1. The number of carbonyl (C=O) groups is 1. The third-order valence-electron chi connectivity index (χ3n) is 6.47. The molecule has 1 unspecified atom stereocenters. The summed E-state index contributed by atoms with van der Waals surface area (Å²) in [6.07, 6.45) is 2.18. The van der Waals surface area contributed by atoms with Gasteiger partial charge in [-0.3, -0.25) is 4.79 Å². The number of carbonyl (C=O) groups excluding carboxylic acids is 1. The van der Waals surface area contributed by atoms with Gasteiger partial charge in [-0.1, -0.05) is 6.92 Å². The highest BCUT2D eigenvalue weighted by molar-refractivity contribution is 14.1. The Kier molecular flexibility index (Phi) is 7.70. The number of anilines is 2. The van der Waals surface area contributed by atoms with Crippen molar-refractivity contribution in [1.29, 1.82) is 0 Å². The molecule has 4 N–H and O–H groups in total. The summed E-state index contributed by atoms with van der Waals surface area (Å²) in [7, 11) is 0. The Balaban J connectivity index is 1.43. The Labute approximate surface area is 210 Å². The number of benzene rings is 2. The molecule has 2 heterocycles. The van der Waals surface area contributed by atoms with Gasteiger partial charge in [0.15, 0.2) is 11.6 Å². The summed E-state index contributed by atoms with van der Waals surface area (Å²) in [5, 5.41) is 14.7. The Morgan fingerprint density at radius 1 is 1.21 bits per heavy atom. The van der Waals surface area contributed by atoms with Gasteiger partial charge in [0, 0.05) is 16.2 Å². The van der Waals surface area contributed by atoms with Crippen LogP contribution in [0.4, 0.5) is 24.5 Å². The lowest BCUT2D eigenvalue weighted by Gasteiger charge is -2.44. The van der Waals surface area contributed by atoms with Crippen LogP contribution in [-0.4, -0.2) is 71.7 Å². The van der Waals surface area contributed by atoms with E-state index in [1.165, 1.54) is 23.1 Å². The maximum atomic E-state index is 14.7. The van der Waals surface area contributed by atoms with Crippen LogP contribution < -0.4 is 10.6 Å². The van der Waals surface area contributed by atoms with Gasteiger partial charge in [-0.2, -0.15) is 0 Å². The number of hydrogen-bond acceptors (Lipinski definition) is 4. The molecule has 184 valence electrons. The van der Waals surface area contributed by atoms with Crippen LogP contribution in [-0.2, 0) is 0 Å². The van der Waals surface area contributed by atoms with Crippen molar-refractivity contribution in [3.05, 3.63) is 56.9 Å². The van der Waals surface area contributed by atoms with Gasteiger partial charge in [0.05, 0.1) is 36.6 Å². The van der Waals surface area contributed by atoms with E-state index in [1.807, 2.05) is 22.6 Å². The molecule has 0 aliphatic carbocycles. The van der Waals surface area contributed by atoms with Crippen LogP contribution in [0.15, 0.2) is 30.3 Å². The van der Waals surface area contributed by atoms with Crippen LogP contribution >= 0.6 is 22.6 Å². The van der Waals surface area contributed by atoms with Crippen LogP contribution in [0.1, 0.15) is 30.1 Å². The van der Waals surface area contributed by atoms with Crippen molar-refractivity contribution in [3.8, 4) is 0 Å². The highest BCUT2D eigenvalue weighted by Gasteiger charge is 2.49. The zero-order valence-electron chi connectivity index (χ0n) is 18.9. The van der Waals surface area contributed by atoms with E-state index in [0.717, 1.165) is 38.5 Å². The van der Waals surface area contributed by atoms with E-state index in [2.05, 4.69) is 22.5 Å². The Hall–Kier alpha value is -1.89. The fourth-order valence-corrected chi connectivity index (χ4v) is 4.99. The molecule has 34 heavy (non-hydrogen) atoms. The van der Waals surface area contributed by atoms with E-state index in [1.54, 1.807) is 6.07 Å². The smallest absolute Gasteiger partial charge is 0.256 e. The minimum Gasteiger partial charge on any atom is -0.437 e. The first-order valence-electron chi connectivity index (χ1n) is 11.4. The lowest BCUT2D eigenvalue weighted by atomic mass is 9.92. The second kappa shape index (κ2) is 10.4. The molecule has 2 aliphatic heterocycles. The molecule has 0 radical (unpaired) electrons. The molecule has 0 spiro atoms. The molecule has 0 saturated carbocycles. The fraction of sp³-hybridized carbons (Fsp3) is 0.458. The number of halogens is 4. The predicted octanol–water partition coefficient (Wildman–Crippen LogP) is 3.45. The highest BCUT2D eigenvalue weighted by atomic mass is 127. The standard InChI is InChI=1S/C24H28F3IN4O2/c1-2-31-9-3-4-16(11-31)29-12-24(34)13-32(14-24)23(33)17-6-7-18(25)21(27)22(17)30-20-8-5-15(28)10-19(20)26/h5-8,10,16,29-30,34H,2-4,9,11-14H2,1H3/p+1. The Morgan fingerprint density at radius 2 is 1.97 bits per heavy atom. The molecule has 2 aromatic carbocycles. The lowest BCUT2D eigenvalue weighted by Crippen LogP contribution is -2.68. The maximum absolute atomic E-state index is 14.7. The number of rotatable bonds is 7. The van der Waals surface area contributed by atoms with Crippen molar-refractivity contribution in [2.75, 3.05) is 44.6 Å². The molecule has 0 bridgehead atoms. The molecule has 2 saturated heterocycles. The van der Waals surface area contributed by atoms with Gasteiger partial charge in [-0.15, -0.1) is 0 Å². The largest absolute Gasteiger partial charge is 0.437 e. The van der Waals surface area contributed by atoms with Gasteiger partial charge in [0.25, 0.3) is 5.91 Å². The second-order valence-electron chi connectivity index (χ2n) is 9.09. The zero-order valence-corrected chi connectivity index (χ0v) is 21.1. The van der Waals surface area contributed by atoms with E-state index < -0.39 is 34.6 Å². The van der Waals surface area contributed by atoms with Gasteiger partial charge < -0.3 is 25.5 Å². The summed E-state index contributed by atoms with van der Waals surface area (Å²) in [6, 6.07) is 6.68. The zero-order chi connectivity index (χ0) is 24.5. The second-order valence-corrected chi connectivity index (χ2v) is 10.3. The van der Waals surface area contributed by atoms with Crippen molar-refractivity contribution in [1.82, 2.24) is 15.1 Å². The monoisotopic (exact) mass is 589 g/mol. The quantitative estimate of drug-likeness (QED) is 0.384. The average molecular weight is 589 g/mol. The summed E-state index contributed by atoms with van der Waals surface area (Å²) in [4.78, 5) is 16.9. The molecule has 10 heteroatoms. The molecule has 1 atom stereocenters. The molecular formula is C24H29F3IN4O2+. The van der Waals surface area contributed by atoms with Crippen molar-refractivity contribution >= 4 is 39.9 Å². The molecule has 2 aliphatic rings. The molecule has 1 amide bonds. The third kappa shape index (κ3) is 5.50. The van der Waals surface area contributed by atoms with Crippen molar-refractivity contribution in [2.24, 2.45) is 0 Å². The first-order chi connectivity index (χ1) is 16.2. The van der Waals surface area contributed by atoms with Gasteiger partial charge in [0.2, 0.25) is 5.60 Å². The van der Waals surface area contributed by atoms with Crippen molar-refractivity contribution < 1.29 is 23.1 Å². The van der Waals surface area contributed by atoms with E-state index in [9.17, 15) is 18.0 Å². The van der Waals surface area contributed by atoms with Crippen LogP contribution in [0.2, 0.25) is 0 Å². The predicted molar refractivity (Wildman–Crippen MR) is 134 cm³/mol. The van der Waals surface area contributed by atoms with Crippen LogP contribution in [0.25, 0.3) is 0 Å². The summed E-state index contributed by atoms with van der Waals surface area (Å²) >= 11 is 1.94. The highest BCUT2D eigenvalue weighted by Crippen LogP contribution is 2.31. The molecule has 2 fully saturated rings. The topological polar surface area (TPSA) is 70.5 Å². The first kappa shape index (κ1) is 25.2. The molecular weight excluding hydrogens is 560 g/mol. The van der Waals surface area contributed by atoms with Gasteiger partial charge in [0.1, 0.15) is 5.82 Å².